The Bertz CT molecular complexity index is 993. The molecule has 0 spiro atoms. The summed E-state index contributed by atoms with van der Waals surface area (Å²) in [7, 11) is 0. The van der Waals surface area contributed by atoms with Crippen LogP contribution in [0.5, 0.6) is 5.88 Å². The van der Waals surface area contributed by atoms with Gasteiger partial charge in [-0.25, -0.2) is 9.78 Å². The molecule has 0 bridgehead atoms. The summed E-state index contributed by atoms with van der Waals surface area (Å²) in [6, 6.07) is 14.6. The maximum Gasteiger partial charge on any atom is 0.332 e. The van der Waals surface area contributed by atoms with Crippen LogP contribution in [-0.4, -0.2) is 39.1 Å². The first kappa shape index (κ1) is 21.3. The van der Waals surface area contributed by atoms with E-state index in [4.69, 9.17) is 14.6 Å². The third kappa shape index (κ3) is 5.55. The first-order valence-corrected chi connectivity index (χ1v) is 9.62. The van der Waals surface area contributed by atoms with E-state index in [0.717, 1.165) is 11.1 Å². The van der Waals surface area contributed by atoms with Crippen LogP contribution < -0.4 is 4.74 Å². The van der Waals surface area contributed by atoms with Crippen molar-refractivity contribution in [3.63, 3.8) is 0 Å². The zero-order chi connectivity index (χ0) is 21.5. The lowest BCUT2D eigenvalue weighted by Gasteiger charge is -2.11. The van der Waals surface area contributed by atoms with Crippen LogP contribution in [0.15, 0.2) is 60.9 Å². The molecule has 1 unspecified atom stereocenters. The lowest BCUT2D eigenvalue weighted by atomic mass is 10.1. The van der Waals surface area contributed by atoms with Crippen LogP contribution in [-0.2, 0) is 22.7 Å². The largest absolute Gasteiger partial charge is 0.479 e. The van der Waals surface area contributed by atoms with E-state index in [-0.39, 0.29) is 12.4 Å². The number of hydrogen-bond acceptors (Lipinski definition) is 5. The summed E-state index contributed by atoms with van der Waals surface area (Å²) in [6.07, 6.45) is 2.56. The number of ketones is 1. The first-order valence-electron chi connectivity index (χ1n) is 9.62. The van der Waals surface area contributed by atoms with Gasteiger partial charge in [0.25, 0.3) is 0 Å². The first-order chi connectivity index (χ1) is 14.4. The normalized spacial score (nSPS) is 11.8. The number of benzene rings is 1. The second-order valence-electron chi connectivity index (χ2n) is 6.93. The number of nitrogens with zero attached hydrogens (tertiary/aromatic N) is 2. The molecule has 156 valence electrons. The van der Waals surface area contributed by atoms with Crippen molar-refractivity contribution in [2.24, 2.45) is 0 Å². The van der Waals surface area contributed by atoms with E-state index in [0.29, 0.717) is 30.3 Å². The van der Waals surface area contributed by atoms with Gasteiger partial charge in [-0.15, -0.1) is 0 Å². The Morgan fingerprint density at radius 2 is 1.90 bits per heavy atom. The molecular weight excluding hydrogens is 384 g/mol. The smallest absolute Gasteiger partial charge is 0.332 e. The van der Waals surface area contributed by atoms with Crippen molar-refractivity contribution in [2.45, 2.75) is 33.1 Å². The van der Waals surface area contributed by atoms with E-state index in [1.54, 1.807) is 24.4 Å². The van der Waals surface area contributed by atoms with Gasteiger partial charge in [-0.05, 0) is 37.6 Å². The molecule has 7 nitrogen and oxygen atoms in total. The Morgan fingerprint density at radius 1 is 1.13 bits per heavy atom. The van der Waals surface area contributed by atoms with Gasteiger partial charge in [0, 0.05) is 24.0 Å². The number of carboxylic acid groups (broad SMARTS) is 1. The molecule has 2 aromatic heterocycles. The third-order valence-electron chi connectivity index (χ3n) is 4.60. The molecule has 0 saturated heterocycles. The number of ether oxygens (including phenoxy) is 2. The van der Waals surface area contributed by atoms with Crippen LogP contribution in [0.1, 0.15) is 34.1 Å². The van der Waals surface area contributed by atoms with Crippen LogP contribution in [0.3, 0.4) is 0 Å². The van der Waals surface area contributed by atoms with Crippen molar-refractivity contribution >= 4 is 11.8 Å². The van der Waals surface area contributed by atoms with Gasteiger partial charge >= 0.3 is 5.97 Å². The predicted octanol–water partition coefficient (Wildman–Crippen LogP) is 3.49. The maximum absolute atomic E-state index is 12.7. The standard InChI is InChI=1S/C23H24N2O5/c1-16-5-8-19(9-6-16)22(26)20-4-3-11-25(20)12-13-29-21-10-7-18(14-24-21)15-30-17(2)23(27)28/h3-11,14,17H,12-13,15H2,1-2H3,(H,27,28). The molecule has 3 aromatic rings. The number of aromatic nitrogens is 2. The second kappa shape index (κ2) is 9.84. The van der Waals surface area contributed by atoms with Gasteiger partial charge in [0.2, 0.25) is 11.7 Å². The topological polar surface area (TPSA) is 90.7 Å². The molecule has 0 saturated carbocycles. The van der Waals surface area contributed by atoms with Crippen LogP contribution in [0.4, 0.5) is 0 Å². The van der Waals surface area contributed by atoms with Crippen LogP contribution in [0, 0.1) is 6.92 Å². The van der Waals surface area contributed by atoms with Crippen molar-refractivity contribution in [3.05, 3.63) is 83.3 Å². The Morgan fingerprint density at radius 3 is 2.57 bits per heavy atom. The molecule has 3 rings (SSSR count). The summed E-state index contributed by atoms with van der Waals surface area (Å²) in [5.41, 5.74) is 3.12. The van der Waals surface area contributed by atoms with Crippen molar-refractivity contribution in [1.29, 1.82) is 0 Å². The molecule has 0 aliphatic rings. The number of pyridine rings is 1. The van der Waals surface area contributed by atoms with Crippen LogP contribution in [0.25, 0.3) is 0 Å². The highest BCUT2D eigenvalue weighted by atomic mass is 16.5. The quantitative estimate of drug-likeness (QED) is 0.517. The van der Waals surface area contributed by atoms with Gasteiger partial charge in [-0.3, -0.25) is 4.79 Å². The summed E-state index contributed by atoms with van der Waals surface area (Å²) < 4.78 is 12.8. The number of carbonyl (C=O) groups excluding carboxylic acids is 1. The molecular formula is C23H24N2O5. The molecule has 30 heavy (non-hydrogen) atoms. The van der Waals surface area contributed by atoms with E-state index in [2.05, 4.69) is 4.98 Å². The van der Waals surface area contributed by atoms with Crippen LogP contribution >= 0.6 is 0 Å². The van der Waals surface area contributed by atoms with Gasteiger partial charge in [-0.2, -0.15) is 0 Å². The minimum atomic E-state index is -1.01. The SMILES string of the molecule is Cc1ccc(C(=O)c2cccn2CCOc2ccc(COC(C)C(=O)O)cn2)cc1. The van der Waals surface area contributed by atoms with Gasteiger partial charge in [0.05, 0.1) is 18.8 Å². The van der Waals surface area contributed by atoms with Crippen molar-refractivity contribution in [3.8, 4) is 5.88 Å². The molecule has 1 atom stereocenters. The van der Waals surface area contributed by atoms with Crippen molar-refractivity contribution < 1.29 is 24.2 Å². The number of aliphatic carboxylic acids is 1. The predicted molar refractivity (Wildman–Crippen MR) is 111 cm³/mol. The monoisotopic (exact) mass is 408 g/mol. The highest BCUT2D eigenvalue weighted by Crippen LogP contribution is 2.13. The number of hydrogen-bond donors (Lipinski definition) is 1. The molecule has 0 radical (unpaired) electrons. The van der Waals surface area contributed by atoms with E-state index in [1.807, 2.05) is 48.0 Å². The second-order valence-corrected chi connectivity index (χ2v) is 6.93. The lowest BCUT2D eigenvalue weighted by Crippen LogP contribution is -2.19. The number of carbonyl (C=O) groups is 2. The van der Waals surface area contributed by atoms with Crippen LogP contribution in [0.2, 0.25) is 0 Å². The molecule has 0 fully saturated rings. The average molecular weight is 408 g/mol. The Balaban J connectivity index is 1.52. The lowest BCUT2D eigenvalue weighted by molar-refractivity contribution is -0.149. The third-order valence-corrected chi connectivity index (χ3v) is 4.60. The zero-order valence-electron chi connectivity index (χ0n) is 16.9. The minimum Gasteiger partial charge on any atom is -0.479 e. The Hall–Kier alpha value is -3.45. The average Bonchev–Trinajstić information content (AvgIpc) is 3.21. The maximum atomic E-state index is 12.7. The summed E-state index contributed by atoms with van der Waals surface area (Å²) in [5.74, 6) is -0.588. The van der Waals surface area contributed by atoms with E-state index in [9.17, 15) is 9.59 Å². The summed E-state index contributed by atoms with van der Waals surface area (Å²) in [4.78, 5) is 27.7. The molecule has 0 aliphatic heterocycles. The summed E-state index contributed by atoms with van der Waals surface area (Å²) >= 11 is 0. The zero-order valence-corrected chi connectivity index (χ0v) is 16.9. The fraction of sp³-hybridized carbons (Fsp3) is 0.261. The molecule has 0 amide bonds. The molecule has 1 aromatic carbocycles. The Kier molecular flexibility index (Phi) is 6.98. The highest BCUT2D eigenvalue weighted by Gasteiger charge is 2.13. The van der Waals surface area contributed by atoms with Gasteiger partial charge in [-0.1, -0.05) is 29.8 Å². The Labute approximate surface area is 174 Å². The van der Waals surface area contributed by atoms with Crippen molar-refractivity contribution in [2.75, 3.05) is 6.61 Å². The molecule has 0 aliphatic carbocycles. The summed E-state index contributed by atoms with van der Waals surface area (Å²) in [6.45, 7) is 4.48. The molecule has 2 heterocycles. The fourth-order valence-electron chi connectivity index (χ4n) is 2.79. The van der Waals surface area contributed by atoms with Gasteiger partial charge in [0.15, 0.2) is 6.10 Å². The molecule has 7 heteroatoms. The van der Waals surface area contributed by atoms with E-state index >= 15 is 0 Å². The van der Waals surface area contributed by atoms with Gasteiger partial charge < -0.3 is 19.1 Å². The van der Waals surface area contributed by atoms with Crippen molar-refractivity contribution in [1.82, 2.24) is 9.55 Å². The van der Waals surface area contributed by atoms with E-state index in [1.165, 1.54) is 6.92 Å². The van der Waals surface area contributed by atoms with Gasteiger partial charge in [0.1, 0.15) is 6.61 Å². The number of aryl methyl sites for hydroxylation is 1. The fourth-order valence-corrected chi connectivity index (χ4v) is 2.79. The van der Waals surface area contributed by atoms with E-state index < -0.39 is 12.1 Å². The molecule has 1 N–H and O–H groups in total. The number of carboxylic acids is 1. The minimum absolute atomic E-state index is 0.0296. The summed E-state index contributed by atoms with van der Waals surface area (Å²) in [5, 5.41) is 8.83. The highest BCUT2D eigenvalue weighted by molar-refractivity contribution is 6.08. The number of rotatable bonds is 10.